The van der Waals surface area contributed by atoms with E-state index in [9.17, 15) is 13.2 Å². The number of benzene rings is 2. The molecule has 0 saturated carbocycles. The Kier molecular flexibility index (Phi) is 4.63. The van der Waals surface area contributed by atoms with Crippen molar-refractivity contribution in [2.45, 2.75) is 16.0 Å². The number of nitrogen functional groups attached to an aromatic ring is 1. The highest BCUT2D eigenvalue weighted by molar-refractivity contribution is 9.10. The SMILES string of the molecule is N=C(N)c1cc(Sc2cccc(Br)c2)ccc1C(F)(F)F. The minimum atomic E-state index is -4.53. The first-order valence-corrected chi connectivity index (χ1v) is 7.37. The van der Waals surface area contributed by atoms with E-state index in [0.717, 1.165) is 15.4 Å². The lowest BCUT2D eigenvalue weighted by atomic mass is 10.1. The van der Waals surface area contributed by atoms with Crippen LogP contribution in [0.15, 0.2) is 56.7 Å². The summed E-state index contributed by atoms with van der Waals surface area (Å²) in [4.78, 5) is 1.46. The summed E-state index contributed by atoms with van der Waals surface area (Å²) in [6.45, 7) is 0. The second kappa shape index (κ2) is 6.11. The third-order valence-corrected chi connectivity index (χ3v) is 4.09. The van der Waals surface area contributed by atoms with Gasteiger partial charge in [0.25, 0.3) is 0 Å². The van der Waals surface area contributed by atoms with Gasteiger partial charge in [-0.1, -0.05) is 33.8 Å². The smallest absolute Gasteiger partial charge is 0.384 e. The molecule has 0 unspecified atom stereocenters. The summed E-state index contributed by atoms with van der Waals surface area (Å²) >= 11 is 4.64. The van der Waals surface area contributed by atoms with E-state index in [-0.39, 0.29) is 5.56 Å². The third-order valence-electron chi connectivity index (χ3n) is 2.62. The van der Waals surface area contributed by atoms with E-state index in [1.54, 1.807) is 0 Å². The first kappa shape index (κ1) is 15.9. The number of amidine groups is 1. The molecule has 7 heteroatoms. The molecule has 3 N–H and O–H groups in total. The standard InChI is InChI=1S/C14H10BrF3N2S/c15-8-2-1-3-9(6-8)21-10-4-5-12(14(16,17)18)11(7-10)13(19)20/h1-7H,(H3,19,20). The van der Waals surface area contributed by atoms with Gasteiger partial charge < -0.3 is 5.73 Å². The summed E-state index contributed by atoms with van der Waals surface area (Å²) in [5.41, 5.74) is 4.07. The van der Waals surface area contributed by atoms with Crippen molar-refractivity contribution in [1.29, 1.82) is 5.41 Å². The van der Waals surface area contributed by atoms with Crippen LogP contribution in [0.3, 0.4) is 0 Å². The highest BCUT2D eigenvalue weighted by Crippen LogP contribution is 2.36. The zero-order valence-electron chi connectivity index (χ0n) is 10.5. The molecular formula is C14H10BrF3N2S. The Hall–Kier alpha value is -1.47. The van der Waals surface area contributed by atoms with Crippen LogP contribution in [-0.4, -0.2) is 5.84 Å². The van der Waals surface area contributed by atoms with Gasteiger partial charge in [-0.2, -0.15) is 13.2 Å². The van der Waals surface area contributed by atoms with Crippen molar-refractivity contribution in [1.82, 2.24) is 0 Å². The summed E-state index contributed by atoms with van der Waals surface area (Å²) < 4.78 is 39.4. The molecule has 0 aliphatic carbocycles. The van der Waals surface area contributed by atoms with E-state index in [1.165, 1.54) is 23.9 Å². The lowest BCUT2D eigenvalue weighted by molar-refractivity contribution is -0.137. The molecule has 0 fully saturated rings. The Morgan fingerprint density at radius 2 is 1.76 bits per heavy atom. The molecule has 110 valence electrons. The molecule has 2 rings (SSSR count). The summed E-state index contributed by atoms with van der Waals surface area (Å²) in [5.74, 6) is -0.598. The lowest BCUT2D eigenvalue weighted by Gasteiger charge is -2.13. The fourth-order valence-corrected chi connectivity index (χ4v) is 3.19. The molecule has 0 radical (unpaired) electrons. The molecule has 2 aromatic rings. The highest BCUT2D eigenvalue weighted by atomic mass is 79.9. The van der Waals surface area contributed by atoms with Crippen LogP contribution in [0.5, 0.6) is 0 Å². The Balaban J connectivity index is 2.39. The van der Waals surface area contributed by atoms with Crippen molar-refractivity contribution in [3.63, 3.8) is 0 Å². The zero-order valence-corrected chi connectivity index (χ0v) is 12.9. The van der Waals surface area contributed by atoms with E-state index in [2.05, 4.69) is 15.9 Å². The second-order valence-electron chi connectivity index (χ2n) is 4.18. The van der Waals surface area contributed by atoms with Crippen molar-refractivity contribution < 1.29 is 13.2 Å². The van der Waals surface area contributed by atoms with Gasteiger partial charge in [-0.05, 0) is 36.4 Å². The van der Waals surface area contributed by atoms with E-state index in [4.69, 9.17) is 11.1 Å². The van der Waals surface area contributed by atoms with Crippen LogP contribution in [0, 0.1) is 5.41 Å². The molecule has 0 amide bonds. The Bertz CT molecular complexity index is 686. The Morgan fingerprint density at radius 1 is 1.10 bits per heavy atom. The molecule has 0 aromatic heterocycles. The van der Waals surface area contributed by atoms with Crippen LogP contribution in [0.1, 0.15) is 11.1 Å². The van der Waals surface area contributed by atoms with Crippen molar-refractivity contribution in [3.8, 4) is 0 Å². The summed E-state index contributed by atoms with van der Waals surface area (Å²) in [7, 11) is 0. The first-order chi connectivity index (χ1) is 9.77. The molecule has 0 aliphatic heterocycles. The lowest BCUT2D eigenvalue weighted by Crippen LogP contribution is -2.18. The number of alkyl halides is 3. The molecule has 0 saturated heterocycles. The number of hydrogen-bond acceptors (Lipinski definition) is 2. The fraction of sp³-hybridized carbons (Fsp3) is 0.0714. The predicted molar refractivity (Wildman–Crippen MR) is 80.7 cm³/mol. The molecule has 21 heavy (non-hydrogen) atoms. The Labute approximate surface area is 132 Å². The first-order valence-electron chi connectivity index (χ1n) is 5.76. The topological polar surface area (TPSA) is 49.9 Å². The van der Waals surface area contributed by atoms with Gasteiger partial charge in [0.15, 0.2) is 0 Å². The second-order valence-corrected chi connectivity index (χ2v) is 6.24. The van der Waals surface area contributed by atoms with Crippen molar-refractivity contribution >= 4 is 33.5 Å². The van der Waals surface area contributed by atoms with Gasteiger partial charge in [0.1, 0.15) is 5.84 Å². The van der Waals surface area contributed by atoms with E-state index < -0.39 is 17.6 Å². The molecule has 2 nitrogen and oxygen atoms in total. The van der Waals surface area contributed by atoms with Gasteiger partial charge in [0, 0.05) is 19.8 Å². The van der Waals surface area contributed by atoms with Gasteiger partial charge in [0.05, 0.1) is 5.56 Å². The number of nitrogens with two attached hydrogens (primary N) is 1. The largest absolute Gasteiger partial charge is 0.417 e. The number of hydrogen-bond donors (Lipinski definition) is 2. The minimum Gasteiger partial charge on any atom is -0.384 e. The maximum absolute atomic E-state index is 12.9. The van der Waals surface area contributed by atoms with E-state index in [0.29, 0.717) is 4.90 Å². The van der Waals surface area contributed by atoms with E-state index >= 15 is 0 Å². The minimum absolute atomic E-state index is 0.303. The fourth-order valence-electron chi connectivity index (χ4n) is 1.72. The van der Waals surface area contributed by atoms with Crippen LogP contribution >= 0.6 is 27.7 Å². The quantitative estimate of drug-likeness (QED) is 0.592. The molecule has 0 heterocycles. The average molecular weight is 375 g/mol. The van der Waals surface area contributed by atoms with Gasteiger partial charge >= 0.3 is 6.18 Å². The summed E-state index contributed by atoms with van der Waals surface area (Å²) in [5, 5.41) is 7.33. The molecule has 2 aromatic carbocycles. The maximum atomic E-state index is 12.9. The predicted octanol–water partition coefficient (Wildman–Crippen LogP) is 4.90. The molecule has 0 bridgehead atoms. The van der Waals surface area contributed by atoms with Crippen molar-refractivity contribution in [2.24, 2.45) is 5.73 Å². The van der Waals surface area contributed by atoms with Gasteiger partial charge in [-0.3, -0.25) is 5.41 Å². The molecule has 0 atom stereocenters. The zero-order chi connectivity index (χ0) is 15.6. The van der Waals surface area contributed by atoms with Crippen LogP contribution in [-0.2, 0) is 6.18 Å². The van der Waals surface area contributed by atoms with E-state index in [1.807, 2.05) is 24.3 Å². The van der Waals surface area contributed by atoms with Crippen LogP contribution < -0.4 is 5.73 Å². The van der Waals surface area contributed by atoms with Crippen LogP contribution in [0.4, 0.5) is 13.2 Å². The molecule has 0 aliphatic rings. The average Bonchev–Trinajstić information content (AvgIpc) is 2.37. The third kappa shape index (κ3) is 4.01. The van der Waals surface area contributed by atoms with Gasteiger partial charge in [-0.25, -0.2) is 0 Å². The van der Waals surface area contributed by atoms with Gasteiger partial charge in [-0.15, -0.1) is 0 Å². The van der Waals surface area contributed by atoms with Crippen molar-refractivity contribution in [3.05, 3.63) is 58.1 Å². The maximum Gasteiger partial charge on any atom is 0.417 e. The van der Waals surface area contributed by atoms with Crippen LogP contribution in [0.2, 0.25) is 0 Å². The Morgan fingerprint density at radius 3 is 2.33 bits per heavy atom. The van der Waals surface area contributed by atoms with Crippen molar-refractivity contribution in [2.75, 3.05) is 0 Å². The molecule has 0 spiro atoms. The summed E-state index contributed by atoms with van der Waals surface area (Å²) in [6.07, 6.45) is -4.53. The van der Waals surface area contributed by atoms with Gasteiger partial charge in [0.2, 0.25) is 0 Å². The number of halogens is 4. The monoisotopic (exact) mass is 374 g/mol. The number of rotatable bonds is 3. The summed E-state index contributed by atoms with van der Waals surface area (Å²) in [6, 6.07) is 11.0. The highest BCUT2D eigenvalue weighted by Gasteiger charge is 2.34. The number of nitrogens with one attached hydrogen (secondary N) is 1. The van der Waals surface area contributed by atoms with Crippen LogP contribution in [0.25, 0.3) is 0 Å². The molecular weight excluding hydrogens is 365 g/mol. The normalized spacial score (nSPS) is 11.4.